The van der Waals surface area contributed by atoms with Crippen molar-refractivity contribution in [2.75, 3.05) is 0 Å². The zero-order valence-electron chi connectivity index (χ0n) is 5.75. The highest BCUT2D eigenvalue weighted by atomic mass is 14.0. The van der Waals surface area contributed by atoms with E-state index in [9.17, 15) is 0 Å². The van der Waals surface area contributed by atoms with Crippen LogP contribution in [0, 0.1) is 5.92 Å². The van der Waals surface area contributed by atoms with Crippen molar-refractivity contribution in [3.05, 3.63) is 36.5 Å². The molecule has 0 heteroatoms. The molecule has 0 saturated heterocycles. The van der Waals surface area contributed by atoms with Gasteiger partial charge >= 0.3 is 0 Å². The summed E-state index contributed by atoms with van der Waals surface area (Å²) in [4.78, 5) is 0. The average Bonchev–Trinajstić information content (AvgIpc) is 2.52. The Balaban J connectivity index is 0.0000000922. The molecular weight excluding hydrogens is 108 g/mol. The van der Waals surface area contributed by atoms with Crippen LogP contribution in [0.15, 0.2) is 36.5 Å². The van der Waals surface area contributed by atoms with E-state index in [0.29, 0.717) is 0 Å². The van der Waals surface area contributed by atoms with Crippen molar-refractivity contribution in [2.24, 2.45) is 5.92 Å². The monoisotopic (exact) mass is 120 g/mol. The summed E-state index contributed by atoms with van der Waals surface area (Å²) < 4.78 is 0. The highest BCUT2D eigenvalue weighted by Crippen LogP contribution is 2.11. The van der Waals surface area contributed by atoms with Crippen LogP contribution in [-0.4, -0.2) is 0 Å². The molecule has 0 nitrogen and oxygen atoms in total. The Kier molecular flexibility index (Phi) is 2.32. The molecule has 2 aliphatic rings. The van der Waals surface area contributed by atoms with Crippen molar-refractivity contribution in [3.8, 4) is 0 Å². The molecule has 0 aliphatic heterocycles. The maximum Gasteiger partial charge on any atom is -0.00815 e. The fourth-order valence-corrected chi connectivity index (χ4v) is 0.504. The number of hydrogen-bond donors (Lipinski definition) is 0. The highest BCUT2D eigenvalue weighted by Gasteiger charge is 1.97. The zero-order valence-corrected chi connectivity index (χ0v) is 5.75. The first-order valence-corrected chi connectivity index (χ1v) is 3.39. The van der Waals surface area contributed by atoms with Gasteiger partial charge in [-0.15, -0.1) is 0 Å². The van der Waals surface area contributed by atoms with Gasteiger partial charge in [-0.05, 0) is 12.3 Å². The summed E-state index contributed by atoms with van der Waals surface area (Å²) in [7, 11) is 0. The summed E-state index contributed by atoms with van der Waals surface area (Å²) in [5, 5.41) is 0. The first-order valence-electron chi connectivity index (χ1n) is 3.39. The van der Waals surface area contributed by atoms with Crippen LogP contribution in [0.5, 0.6) is 0 Å². The fraction of sp³-hybridized carbons (Fsp3) is 0.333. The quantitative estimate of drug-likeness (QED) is 0.431. The van der Waals surface area contributed by atoms with Crippen molar-refractivity contribution in [2.45, 2.75) is 13.3 Å². The first-order chi connectivity index (χ1) is 4.39. The molecule has 48 valence electrons. The van der Waals surface area contributed by atoms with Gasteiger partial charge in [-0.3, -0.25) is 0 Å². The van der Waals surface area contributed by atoms with Gasteiger partial charge < -0.3 is 0 Å². The van der Waals surface area contributed by atoms with Gasteiger partial charge in [-0.1, -0.05) is 43.4 Å². The normalized spacial score (nSPS) is 19.7. The summed E-state index contributed by atoms with van der Waals surface area (Å²) in [5.41, 5.74) is 0. The first kappa shape index (κ1) is 6.34. The molecule has 0 atom stereocenters. The number of hydrogen-bond acceptors (Lipinski definition) is 0. The minimum Gasteiger partial charge on any atom is -0.0813 e. The Morgan fingerprint density at radius 1 is 1.11 bits per heavy atom. The van der Waals surface area contributed by atoms with Crippen LogP contribution in [0.3, 0.4) is 0 Å². The Labute approximate surface area is 56.6 Å². The van der Waals surface area contributed by atoms with Crippen LogP contribution in [0.25, 0.3) is 0 Å². The lowest BCUT2D eigenvalue weighted by molar-refractivity contribution is 1.09. The zero-order chi connectivity index (χ0) is 6.53. The lowest BCUT2D eigenvalue weighted by Gasteiger charge is -1.57. The van der Waals surface area contributed by atoms with Crippen LogP contribution >= 0.6 is 0 Å². The predicted octanol–water partition coefficient (Wildman–Crippen LogP) is 2.69. The van der Waals surface area contributed by atoms with Gasteiger partial charge in [0, 0.05) is 0 Å². The van der Waals surface area contributed by atoms with Gasteiger partial charge in [0.25, 0.3) is 0 Å². The van der Waals surface area contributed by atoms with Crippen molar-refractivity contribution in [3.63, 3.8) is 0 Å². The summed E-state index contributed by atoms with van der Waals surface area (Å²) >= 11 is 0. The summed E-state index contributed by atoms with van der Waals surface area (Å²) in [6.45, 7) is 2.17. The lowest BCUT2D eigenvalue weighted by atomic mass is 10.5. The molecule has 0 saturated carbocycles. The van der Waals surface area contributed by atoms with E-state index in [-0.39, 0.29) is 0 Å². The molecule has 0 bridgehead atoms. The smallest absolute Gasteiger partial charge is 0.00815 e. The van der Waals surface area contributed by atoms with Crippen molar-refractivity contribution < 1.29 is 0 Å². The third-order valence-electron chi connectivity index (χ3n) is 1.23. The van der Waals surface area contributed by atoms with Crippen LogP contribution in [0.4, 0.5) is 0 Å². The third kappa shape index (κ3) is 3.77. The van der Waals surface area contributed by atoms with Gasteiger partial charge in [0.1, 0.15) is 0 Å². The van der Waals surface area contributed by atoms with Gasteiger partial charge in [0.15, 0.2) is 0 Å². The molecule has 2 aliphatic carbocycles. The van der Waals surface area contributed by atoms with E-state index in [1.807, 2.05) is 0 Å². The van der Waals surface area contributed by atoms with E-state index >= 15 is 0 Å². The van der Waals surface area contributed by atoms with E-state index in [2.05, 4.69) is 43.4 Å². The van der Waals surface area contributed by atoms with E-state index in [0.717, 1.165) is 12.3 Å². The number of allylic oxidation sites excluding steroid dienone is 6. The molecule has 9 heavy (non-hydrogen) atoms. The SMILES string of the molecule is C1=CCC=C1.CC1C=C1. The summed E-state index contributed by atoms with van der Waals surface area (Å²) in [5.74, 6) is 0.833. The third-order valence-corrected chi connectivity index (χ3v) is 1.23. The molecule has 0 unspecified atom stereocenters. The molecule has 2 rings (SSSR count). The Morgan fingerprint density at radius 2 is 1.56 bits per heavy atom. The standard InChI is InChI=1S/C5H6.C4H6/c1-2-4-5-3-1;1-4-2-3-4/h1-4H,5H2;2-4H,1H3. The summed E-state index contributed by atoms with van der Waals surface area (Å²) in [6.07, 6.45) is 13.8. The maximum atomic E-state index is 2.17. The largest absolute Gasteiger partial charge is 0.0813 e. The second-order valence-electron chi connectivity index (χ2n) is 2.34. The predicted molar refractivity (Wildman–Crippen MR) is 41.2 cm³/mol. The summed E-state index contributed by atoms with van der Waals surface area (Å²) in [6, 6.07) is 0. The Hall–Kier alpha value is -0.780. The molecular formula is C9H12. The fourth-order valence-electron chi connectivity index (χ4n) is 0.504. The maximum absolute atomic E-state index is 2.17. The van der Waals surface area contributed by atoms with Crippen LogP contribution in [-0.2, 0) is 0 Å². The van der Waals surface area contributed by atoms with Crippen LogP contribution in [0.2, 0.25) is 0 Å². The molecule has 0 heterocycles. The second kappa shape index (κ2) is 3.29. The molecule has 0 aromatic carbocycles. The van der Waals surface area contributed by atoms with Crippen molar-refractivity contribution >= 4 is 0 Å². The Morgan fingerprint density at radius 3 is 1.67 bits per heavy atom. The molecule has 0 fully saturated rings. The topological polar surface area (TPSA) is 0 Å². The molecule has 0 aromatic heterocycles. The molecule has 0 radical (unpaired) electrons. The Bertz CT molecular complexity index is 133. The van der Waals surface area contributed by atoms with E-state index in [1.165, 1.54) is 0 Å². The van der Waals surface area contributed by atoms with Crippen LogP contribution in [0.1, 0.15) is 13.3 Å². The second-order valence-corrected chi connectivity index (χ2v) is 2.34. The highest BCUT2D eigenvalue weighted by molar-refractivity contribution is 5.12. The minimum atomic E-state index is 0.833. The molecule has 0 amide bonds. The molecule has 0 aromatic rings. The molecule has 0 spiro atoms. The minimum absolute atomic E-state index is 0.833. The van der Waals surface area contributed by atoms with E-state index in [4.69, 9.17) is 0 Å². The van der Waals surface area contributed by atoms with E-state index < -0.39 is 0 Å². The van der Waals surface area contributed by atoms with Gasteiger partial charge in [-0.25, -0.2) is 0 Å². The van der Waals surface area contributed by atoms with Gasteiger partial charge in [-0.2, -0.15) is 0 Å². The number of rotatable bonds is 0. The van der Waals surface area contributed by atoms with Crippen molar-refractivity contribution in [1.29, 1.82) is 0 Å². The van der Waals surface area contributed by atoms with Gasteiger partial charge in [0.2, 0.25) is 0 Å². The lowest BCUT2D eigenvalue weighted by Crippen LogP contribution is -1.47. The van der Waals surface area contributed by atoms with Crippen molar-refractivity contribution in [1.82, 2.24) is 0 Å². The van der Waals surface area contributed by atoms with Crippen LogP contribution < -0.4 is 0 Å². The van der Waals surface area contributed by atoms with Gasteiger partial charge in [0.05, 0.1) is 0 Å². The average molecular weight is 120 g/mol. The van der Waals surface area contributed by atoms with E-state index in [1.54, 1.807) is 0 Å². The molecule has 0 N–H and O–H groups in total.